The number of nitrogens with zero attached hydrogens (tertiary/aromatic N) is 2. The van der Waals surface area contributed by atoms with Crippen LogP contribution in [0.5, 0.6) is 5.75 Å². The Balaban J connectivity index is 2.12. The molecular weight excluding hydrogens is 490 g/mol. The third-order valence-electron chi connectivity index (χ3n) is 3.98. The monoisotopic (exact) mass is 502 g/mol. The molecule has 0 spiro atoms. The fourth-order valence-electron chi connectivity index (χ4n) is 2.54. The van der Waals surface area contributed by atoms with Crippen molar-refractivity contribution >= 4 is 43.4 Å². The molecule has 10 heteroatoms. The van der Waals surface area contributed by atoms with Crippen LogP contribution in [0.15, 0.2) is 64.0 Å². The Labute approximate surface area is 180 Å². The van der Waals surface area contributed by atoms with E-state index in [4.69, 9.17) is 16.3 Å². The number of pyridine rings is 1. The number of halogens is 4. The van der Waals surface area contributed by atoms with Crippen molar-refractivity contribution in [1.29, 1.82) is 0 Å². The molecule has 29 heavy (non-hydrogen) atoms. The number of sulfonamides is 1. The molecule has 0 N–H and O–H groups in total. The second kappa shape index (κ2) is 8.64. The van der Waals surface area contributed by atoms with Gasteiger partial charge in [0.05, 0.1) is 18.7 Å². The molecule has 1 heterocycles. The van der Waals surface area contributed by atoms with Gasteiger partial charge in [-0.05, 0) is 57.9 Å². The topological polar surface area (TPSA) is 59.5 Å². The lowest BCUT2D eigenvalue weighted by Gasteiger charge is -2.24. The molecule has 0 bridgehead atoms. The maximum Gasteiger partial charge on any atom is 0.268 e. The number of aromatic nitrogens is 1. The van der Waals surface area contributed by atoms with Gasteiger partial charge in [0.15, 0.2) is 0 Å². The first-order chi connectivity index (χ1) is 13.7. The number of anilines is 1. The summed E-state index contributed by atoms with van der Waals surface area (Å²) in [4.78, 5) is 3.01. The van der Waals surface area contributed by atoms with E-state index in [0.717, 1.165) is 22.5 Å². The summed E-state index contributed by atoms with van der Waals surface area (Å²) in [6, 6.07) is 12.3. The molecular formula is C19H14BrClF2N2O3S. The van der Waals surface area contributed by atoms with Gasteiger partial charge in [0.1, 0.15) is 22.3 Å². The fraction of sp³-hybridized carbons (Fsp3) is 0.105. The van der Waals surface area contributed by atoms with Gasteiger partial charge in [-0.1, -0.05) is 29.8 Å². The van der Waals surface area contributed by atoms with Crippen molar-refractivity contribution in [3.05, 3.63) is 81.4 Å². The summed E-state index contributed by atoms with van der Waals surface area (Å²) in [6.45, 7) is -0.212. The zero-order valence-corrected chi connectivity index (χ0v) is 18.1. The maximum atomic E-state index is 14.5. The average molecular weight is 504 g/mol. The molecule has 2 aromatic carbocycles. The molecule has 0 radical (unpaired) electrons. The van der Waals surface area contributed by atoms with Crippen LogP contribution in [0, 0.1) is 11.8 Å². The lowest BCUT2D eigenvalue weighted by Crippen LogP contribution is -2.32. The molecule has 5 nitrogen and oxygen atoms in total. The van der Waals surface area contributed by atoms with E-state index in [1.807, 2.05) is 0 Å². The normalized spacial score (nSPS) is 11.3. The minimum Gasteiger partial charge on any atom is -0.497 e. The summed E-state index contributed by atoms with van der Waals surface area (Å²) in [5.41, 5.74) is 0.559. The van der Waals surface area contributed by atoms with Crippen LogP contribution in [0.1, 0.15) is 5.56 Å². The van der Waals surface area contributed by atoms with Gasteiger partial charge in [0.25, 0.3) is 10.0 Å². The quantitative estimate of drug-likeness (QED) is 0.344. The molecule has 0 aliphatic carbocycles. The Morgan fingerprint density at radius 2 is 1.83 bits per heavy atom. The molecule has 0 unspecified atom stereocenters. The van der Waals surface area contributed by atoms with Crippen molar-refractivity contribution in [2.75, 3.05) is 11.4 Å². The van der Waals surface area contributed by atoms with E-state index in [0.29, 0.717) is 11.3 Å². The van der Waals surface area contributed by atoms with Gasteiger partial charge in [-0.15, -0.1) is 0 Å². The van der Waals surface area contributed by atoms with Crippen LogP contribution in [-0.2, 0) is 16.6 Å². The number of hydrogen-bond acceptors (Lipinski definition) is 4. The number of hydrogen-bond donors (Lipinski definition) is 0. The standard InChI is InChI=1S/C19H14BrClF2N2O3S/c1-28-13-7-5-12(6-8-13)11-25(19-4-2-3-18(23)24-19)29(26,27)17-10-15(21)14(20)9-16(17)22/h2-10H,11H2,1H3. The van der Waals surface area contributed by atoms with Crippen LogP contribution in [0.25, 0.3) is 0 Å². The van der Waals surface area contributed by atoms with E-state index in [-0.39, 0.29) is 21.9 Å². The van der Waals surface area contributed by atoms with Crippen LogP contribution < -0.4 is 9.04 Å². The first-order valence-corrected chi connectivity index (χ1v) is 10.8. The Hall–Kier alpha value is -2.23. The second-order valence-corrected chi connectivity index (χ2v) is 8.97. The van der Waals surface area contributed by atoms with E-state index in [2.05, 4.69) is 20.9 Å². The van der Waals surface area contributed by atoms with Gasteiger partial charge in [-0.25, -0.2) is 22.1 Å². The summed E-state index contributed by atoms with van der Waals surface area (Å²) in [5, 5.41) is 0.0153. The first kappa shape index (κ1) is 21.5. The van der Waals surface area contributed by atoms with Gasteiger partial charge < -0.3 is 4.74 Å². The highest BCUT2D eigenvalue weighted by atomic mass is 79.9. The highest BCUT2D eigenvalue weighted by molar-refractivity contribution is 9.10. The van der Waals surface area contributed by atoms with Crippen molar-refractivity contribution in [2.24, 2.45) is 0 Å². The molecule has 152 valence electrons. The lowest BCUT2D eigenvalue weighted by atomic mass is 10.2. The highest BCUT2D eigenvalue weighted by Gasteiger charge is 2.30. The van der Waals surface area contributed by atoms with Crippen LogP contribution >= 0.6 is 27.5 Å². The third kappa shape index (κ3) is 4.68. The summed E-state index contributed by atoms with van der Waals surface area (Å²) in [7, 11) is -2.96. The first-order valence-electron chi connectivity index (χ1n) is 8.15. The zero-order valence-electron chi connectivity index (χ0n) is 14.9. The van der Waals surface area contributed by atoms with Crippen molar-refractivity contribution in [1.82, 2.24) is 4.98 Å². The van der Waals surface area contributed by atoms with E-state index in [1.54, 1.807) is 24.3 Å². The Bertz CT molecular complexity index is 1140. The number of ether oxygens (including phenoxy) is 1. The molecule has 0 aliphatic rings. The predicted octanol–water partition coefficient (Wildman–Crippen LogP) is 5.18. The lowest BCUT2D eigenvalue weighted by molar-refractivity contribution is 0.414. The van der Waals surface area contributed by atoms with Gasteiger partial charge in [-0.2, -0.15) is 4.39 Å². The van der Waals surface area contributed by atoms with E-state index < -0.39 is 26.7 Å². The summed E-state index contributed by atoms with van der Waals surface area (Å²) in [6.07, 6.45) is 0. The van der Waals surface area contributed by atoms with E-state index in [1.165, 1.54) is 19.2 Å². The minimum atomic E-state index is -4.46. The largest absolute Gasteiger partial charge is 0.497 e. The number of benzene rings is 2. The summed E-state index contributed by atoms with van der Waals surface area (Å²) in [5.74, 6) is -1.49. The van der Waals surface area contributed by atoms with Gasteiger partial charge in [0, 0.05) is 4.47 Å². The zero-order chi connectivity index (χ0) is 21.2. The van der Waals surface area contributed by atoms with Crippen LogP contribution in [0.3, 0.4) is 0 Å². The molecule has 0 aliphatic heterocycles. The van der Waals surface area contributed by atoms with Crippen LogP contribution in [-0.4, -0.2) is 20.5 Å². The molecule has 1 aromatic heterocycles. The smallest absolute Gasteiger partial charge is 0.268 e. The molecule has 0 fully saturated rings. The van der Waals surface area contributed by atoms with Crippen molar-refractivity contribution in [2.45, 2.75) is 11.4 Å². The molecule has 0 saturated heterocycles. The Morgan fingerprint density at radius 3 is 2.45 bits per heavy atom. The molecule has 0 atom stereocenters. The number of methoxy groups -OCH3 is 1. The van der Waals surface area contributed by atoms with E-state index in [9.17, 15) is 17.2 Å². The Morgan fingerprint density at radius 1 is 1.14 bits per heavy atom. The molecule has 3 rings (SSSR count). The summed E-state index contributed by atoms with van der Waals surface area (Å²) >= 11 is 9.03. The number of rotatable bonds is 6. The SMILES string of the molecule is COc1ccc(CN(c2cccc(F)n2)S(=O)(=O)c2cc(Cl)c(Br)cc2F)cc1. The third-order valence-corrected chi connectivity index (χ3v) is 6.95. The Kier molecular flexibility index (Phi) is 6.40. The van der Waals surface area contributed by atoms with Gasteiger partial charge >= 0.3 is 0 Å². The van der Waals surface area contributed by atoms with Crippen LogP contribution in [0.2, 0.25) is 5.02 Å². The molecule has 3 aromatic rings. The van der Waals surface area contributed by atoms with E-state index >= 15 is 0 Å². The van der Waals surface area contributed by atoms with Crippen LogP contribution in [0.4, 0.5) is 14.6 Å². The van der Waals surface area contributed by atoms with Gasteiger partial charge in [0.2, 0.25) is 5.95 Å². The van der Waals surface area contributed by atoms with Crippen molar-refractivity contribution in [3.63, 3.8) is 0 Å². The van der Waals surface area contributed by atoms with Gasteiger partial charge in [-0.3, -0.25) is 0 Å². The average Bonchev–Trinajstić information content (AvgIpc) is 2.69. The fourth-order valence-corrected chi connectivity index (χ4v) is 4.56. The summed E-state index contributed by atoms with van der Waals surface area (Å²) < 4.78 is 60.9. The molecule has 0 saturated carbocycles. The highest BCUT2D eigenvalue weighted by Crippen LogP contribution is 2.32. The predicted molar refractivity (Wildman–Crippen MR) is 110 cm³/mol. The maximum absolute atomic E-state index is 14.5. The minimum absolute atomic E-state index is 0.0153. The second-order valence-electron chi connectivity index (χ2n) is 5.88. The van der Waals surface area contributed by atoms with Crippen molar-refractivity contribution in [3.8, 4) is 5.75 Å². The van der Waals surface area contributed by atoms with Crippen molar-refractivity contribution < 1.29 is 21.9 Å². The molecule has 0 amide bonds.